The molecule has 0 aliphatic heterocycles. The van der Waals surface area contributed by atoms with Gasteiger partial charge in [0.1, 0.15) is 0 Å². The minimum Gasteiger partial charge on any atom is -0.380 e. The molecule has 1 rings (SSSR count). The molecule has 0 saturated carbocycles. The zero-order chi connectivity index (χ0) is 15.7. The Hall–Kier alpha value is -1.39. The molecule has 0 aliphatic carbocycles. The fourth-order valence-corrected chi connectivity index (χ4v) is 3.27. The average Bonchev–Trinajstić information content (AvgIpc) is 2.49. The highest BCUT2D eigenvalue weighted by atomic mass is 32.2. The molecular formula is C15H22N2O3S. The molecule has 0 aliphatic rings. The van der Waals surface area contributed by atoms with Crippen LogP contribution in [0.1, 0.15) is 19.4 Å². The predicted molar refractivity (Wildman–Crippen MR) is 83.3 cm³/mol. The number of hydrogen-bond acceptors (Lipinski definition) is 4. The highest BCUT2D eigenvalue weighted by molar-refractivity contribution is 7.89. The van der Waals surface area contributed by atoms with Crippen LogP contribution in [0.3, 0.4) is 0 Å². The van der Waals surface area contributed by atoms with Crippen LogP contribution in [-0.4, -0.2) is 45.6 Å². The van der Waals surface area contributed by atoms with E-state index in [4.69, 9.17) is 10.5 Å². The Kier molecular flexibility index (Phi) is 7.40. The Morgan fingerprint density at radius 2 is 2.10 bits per heavy atom. The number of hydrogen-bond donors (Lipinski definition) is 1. The number of nitrogens with two attached hydrogens (primary N) is 1. The second-order valence-electron chi connectivity index (χ2n) is 4.23. The highest BCUT2D eigenvalue weighted by Gasteiger charge is 2.22. The molecule has 6 heteroatoms. The van der Waals surface area contributed by atoms with E-state index in [1.165, 1.54) is 4.31 Å². The monoisotopic (exact) mass is 310 g/mol. The van der Waals surface area contributed by atoms with Gasteiger partial charge in [0.2, 0.25) is 10.0 Å². The molecule has 0 heterocycles. The first-order valence-electron chi connectivity index (χ1n) is 6.93. The van der Waals surface area contributed by atoms with Crippen molar-refractivity contribution in [2.45, 2.75) is 18.7 Å². The van der Waals surface area contributed by atoms with E-state index in [1.807, 2.05) is 13.8 Å². The van der Waals surface area contributed by atoms with Crippen molar-refractivity contribution in [2.75, 3.05) is 32.8 Å². The van der Waals surface area contributed by atoms with E-state index in [1.54, 1.807) is 24.3 Å². The maximum Gasteiger partial charge on any atom is 0.243 e. The van der Waals surface area contributed by atoms with Crippen LogP contribution in [0.2, 0.25) is 0 Å². The summed E-state index contributed by atoms with van der Waals surface area (Å²) in [5, 5.41) is 0. The predicted octanol–water partition coefficient (Wildman–Crippen LogP) is 1.04. The lowest BCUT2D eigenvalue weighted by atomic mass is 10.2. The van der Waals surface area contributed by atoms with E-state index in [0.717, 1.165) is 0 Å². The van der Waals surface area contributed by atoms with Gasteiger partial charge in [-0.25, -0.2) is 8.42 Å². The summed E-state index contributed by atoms with van der Waals surface area (Å²) in [5.41, 5.74) is 5.97. The number of sulfonamides is 1. The molecule has 0 unspecified atom stereocenters. The molecular weight excluding hydrogens is 288 g/mol. The van der Waals surface area contributed by atoms with Gasteiger partial charge in [-0.1, -0.05) is 24.8 Å². The third-order valence-corrected chi connectivity index (χ3v) is 4.82. The number of nitrogens with zero attached hydrogens (tertiary/aromatic N) is 1. The summed E-state index contributed by atoms with van der Waals surface area (Å²) in [6, 6.07) is 6.59. The summed E-state index contributed by atoms with van der Waals surface area (Å²) in [4.78, 5) is 0.240. The van der Waals surface area contributed by atoms with E-state index < -0.39 is 10.0 Å². The third kappa shape index (κ3) is 5.14. The largest absolute Gasteiger partial charge is 0.380 e. The van der Waals surface area contributed by atoms with Gasteiger partial charge < -0.3 is 10.5 Å². The Balaban J connectivity index is 2.99. The van der Waals surface area contributed by atoms with Gasteiger partial charge in [-0.15, -0.1) is 0 Å². The fraction of sp³-hybridized carbons (Fsp3) is 0.467. The lowest BCUT2D eigenvalue weighted by molar-refractivity contribution is 0.135. The highest BCUT2D eigenvalue weighted by Crippen LogP contribution is 2.16. The molecule has 0 amide bonds. The molecule has 5 nitrogen and oxygen atoms in total. The zero-order valence-corrected chi connectivity index (χ0v) is 13.3. The van der Waals surface area contributed by atoms with Crippen molar-refractivity contribution in [2.24, 2.45) is 5.73 Å². The second kappa shape index (κ2) is 8.80. The first-order valence-corrected chi connectivity index (χ1v) is 8.37. The van der Waals surface area contributed by atoms with E-state index in [9.17, 15) is 8.42 Å². The smallest absolute Gasteiger partial charge is 0.243 e. The van der Waals surface area contributed by atoms with Gasteiger partial charge in [-0.2, -0.15) is 4.31 Å². The quantitative estimate of drug-likeness (QED) is 0.603. The van der Waals surface area contributed by atoms with Crippen molar-refractivity contribution < 1.29 is 13.2 Å². The number of benzene rings is 1. The third-order valence-electron chi connectivity index (χ3n) is 2.85. The standard InChI is InChI=1S/C15H22N2O3S/c1-3-17(11-12-20-4-2)21(18,19)15-9-5-7-14(13-15)8-6-10-16/h5,7,9,13H,3-4,10-12,16H2,1-2H3. The minimum absolute atomic E-state index is 0.240. The SMILES string of the molecule is CCOCCN(CC)S(=O)(=O)c1cccc(C#CCN)c1. The van der Waals surface area contributed by atoms with Crippen molar-refractivity contribution in [1.82, 2.24) is 4.31 Å². The number of likely N-dealkylation sites (N-methyl/N-ethyl adjacent to an activating group) is 1. The molecule has 0 spiro atoms. The molecule has 21 heavy (non-hydrogen) atoms. The van der Waals surface area contributed by atoms with Crippen molar-refractivity contribution in [3.63, 3.8) is 0 Å². The Bertz CT molecular complexity index is 603. The van der Waals surface area contributed by atoms with Crippen LogP contribution in [-0.2, 0) is 14.8 Å². The van der Waals surface area contributed by atoms with Crippen LogP contribution in [0.25, 0.3) is 0 Å². The molecule has 1 aromatic rings. The van der Waals surface area contributed by atoms with Crippen molar-refractivity contribution >= 4 is 10.0 Å². The van der Waals surface area contributed by atoms with Gasteiger partial charge in [-0.05, 0) is 25.1 Å². The van der Waals surface area contributed by atoms with Gasteiger partial charge in [0.15, 0.2) is 0 Å². The molecule has 0 saturated heterocycles. The normalized spacial score (nSPS) is 11.2. The molecule has 2 N–H and O–H groups in total. The lowest BCUT2D eigenvalue weighted by Crippen LogP contribution is -2.34. The van der Waals surface area contributed by atoms with Gasteiger partial charge in [0, 0.05) is 25.3 Å². The maximum absolute atomic E-state index is 12.6. The maximum atomic E-state index is 12.6. The van der Waals surface area contributed by atoms with Crippen molar-refractivity contribution in [1.29, 1.82) is 0 Å². The van der Waals surface area contributed by atoms with Crippen LogP contribution in [0.5, 0.6) is 0 Å². The van der Waals surface area contributed by atoms with Gasteiger partial charge >= 0.3 is 0 Å². The van der Waals surface area contributed by atoms with Crippen LogP contribution in [0.4, 0.5) is 0 Å². The van der Waals surface area contributed by atoms with Crippen LogP contribution < -0.4 is 5.73 Å². The molecule has 0 atom stereocenters. The van der Waals surface area contributed by atoms with Crippen molar-refractivity contribution in [3.05, 3.63) is 29.8 Å². The molecule has 0 aromatic heterocycles. The molecule has 0 bridgehead atoms. The summed E-state index contributed by atoms with van der Waals surface area (Å²) >= 11 is 0. The van der Waals surface area contributed by atoms with Crippen LogP contribution >= 0.6 is 0 Å². The molecule has 116 valence electrons. The number of rotatable bonds is 7. The molecule has 1 aromatic carbocycles. The molecule has 0 fully saturated rings. The lowest BCUT2D eigenvalue weighted by Gasteiger charge is -2.20. The van der Waals surface area contributed by atoms with E-state index in [2.05, 4.69) is 11.8 Å². The van der Waals surface area contributed by atoms with E-state index in [-0.39, 0.29) is 11.4 Å². The Morgan fingerprint density at radius 1 is 1.33 bits per heavy atom. The summed E-state index contributed by atoms with van der Waals surface area (Å²) in [6.07, 6.45) is 0. The average molecular weight is 310 g/mol. The minimum atomic E-state index is -3.52. The number of ether oxygens (including phenoxy) is 1. The van der Waals surface area contributed by atoms with E-state index >= 15 is 0 Å². The topological polar surface area (TPSA) is 72.6 Å². The van der Waals surface area contributed by atoms with E-state index in [0.29, 0.717) is 31.9 Å². The summed E-state index contributed by atoms with van der Waals surface area (Å²) in [7, 11) is -3.52. The van der Waals surface area contributed by atoms with Gasteiger partial charge in [-0.3, -0.25) is 0 Å². The fourth-order valence-electron chi connectivity index (χ4n) is 1.80. The van der Waals surface area contributed by atoms with Crippen molar-refractivity contribution in [3.8, 4) is 11.8 Å². The van der Waals surface area contributed by atoms with Gasteiger partial charge in [0.25, 0.3) is 0 Å². The first-order chi connectivity index (χ1) is 10.1. The Labute approximate surface area is 127 Å². The van der Waals surface area contributed by atoms with Crippen LogP contribution in [0.15, 0.2) is 29.2 Å². The van der Waals surface area contributed by atoms with Gasteiger partial charge in [0.05, 0.1) is 18.0 Å². The Morgan fingerprint density at radius 3 is 2.71 bits per heavy atom. The summed E-state index contributed by atoms with van der Waals surface area (Å²) < 4.78 is 31.8. The first kappa shape index (κ1) is 17.7. The molecule has 0 radical (unpaired) electrons. The summed E-state index contributed by atoms with van der Waals surface area (Å²) in [5.74, 6) is 5.56. The second-order valence-corrected chi connectivity index (χ2v) is 6.17. The zero-order valence-electron chi connectivity index (χ0n) is 12.5. The van der Waals surface area contributed by atoms with Crippen LogP contribution in [0, 0.1) is 11.8 Å². The summed E-state index contributed by atoms with van der Waals surface area (Å²) in [6.45, 7) is 5.62.